The predicted molar refractivity (Wildman–Crippen MR) is 95.7 cm³/mol. The summed E-state index contributed by atoms with van der Waals surface area (Å²) in [6.45, 7) is 1.95. The maximum atomic E-state index is 12.8. The normalized spacial score (nSPS) is 11.0. The lowest BCUT2D eigenvalue weighted by atomic mass is 10.1. The molecule has 2 aromatic rings. The number of nitrogens with zero attached hydrogens (tertiary/aromatic N) is 1. The second-order valence-corrected chi connectivity index (χ2v) is 5.37. The standard InChI is InChI=1S/C19H20FN3O2/c1-2-17(14-6-4-3-5-7-14)22-23-19(25)13-12-18(24)21-16-10-8-15(20)9-11-16/h3-11H,2,12-13H2,1H3,(H,21,24)(H,23,25). The van der Waals surface area contributed by atoms with Gasteiger partial charge in [-0.25, -0.2) is 9.82 Å². The molecule has 0 aliphatic heterocycles. The van der Waals surface area contributed by atoms with Crippen molar-refractivity contribution in [1.29, 1.82) is 0 Å². The Morgan fingerprint density at radius 2 is 1.60 bits per heavy atom. The van der Waals surface area contributed by atoms with E-state index in [2.05, 4.69) is 15.8 Å². The van der Waals surface area contributed by atoms with E-state index in [1.807, 2.05) is 37.3 Å². The number of benzene rings is 2. The van der Waals surface area contributed by atoms with Crippen molar-refractivity contribution in [2.75, 3.05) is 5.32 Å². The Hall–Kier alpha value is -3.02. The molecule has 130 valence electrons. The van der Waals surface area contributed by atoms with Crippen LogP contribution in [0.25, 0.3) is 0 Å². The SMILES string of the molecule is CCC(=NNC(=O)CCC(=O)Nc1ccc(F)cc1)c1ccccc1. The maximum Gasteiger partial charge on any atom is 0.240 e. The molecule has 0 aromatic heterocycles. The number of halogens is 1. The average Bonchev–Trinajstić information content (AvgIpc) is 2.63. The number of nitrogens with one attached hydrogen (secondary N) is 2. The van der Waals surface area contributed by atoms with Crippen molar-refractivity contribution < 1.29 is 14.0 Å². The number of hydrazone groups is 1. The van der Waals surface area contributed by atoms with Gasteiger partial charge < -0.3 is 5.32 Å². The predicted octanol–water partition coefficient (Wildman–Crippen LogP) is 3.47. The van der Waals surface area contributed by atoms with Gasteiger partial charge >= 0.3 is 0 Å². The van der Waals surface area contributed by atoms with E-state index in [4.69, 9.17) is 0 Å². The van der Waals surface area contributed by atoms with Crippen LogP contribution in [0.15, 0.2) is 59.7 Å². The van der Waals surface area contributed by atoms with E-state index in [1.165, 1.54) is 24.3 Å². The summed E-state index contributed by atoms with van der Waals surface area (Å²) in [5.41, 5.74) is 4.68. The van der Waals surface area contributed by atoms with Gasteiger partial charge in [0.25, 0.3) is 0 Å². The van der Waals surface area contributed by atoms with Gasteiger partial charge in [0.15, 0.2) is 0 Å². The first-order valence-electron chi connectivity index (χ1n) is 8.04. The highest BCUT2D eigenvalue weighted by Gasteiger charge is 2.08. The van der Waals surface area contributed by atoms with E-state index in [9.17, 15) is 14.0 Å². The summed E-state index contributed by atoms with van der Waals surface area (Å²) in [4.78, 5) is 23.6. The van der Waals surface area contributed by atoms with Crippen LogP contribution in [0.2, 0.25) is 0 Å². The Morgan fingerprint density at radius 1 is 0.960 bits per heavy atom. The first-order valence-corrected chi connectivity index (χ1v) is 8.04. The van der Waals surface area contributed by atoms with E-state index < -0.39 is 0 Å². The van der Waals surface area contributed by atoms with Crippen LogP contribution in [-0.2, 0) is 9.59 Å². The van der Waals surface area contributed by atoms with Crippen LogP contribution >= 0.6 is 0 Å². The molecule has 0 fully saturated rings. The zero-order chi connectivity index (χ0) is 18.1. The zero-order valence-electron chi connectivity index (χ0n) is 14.0. The van der Waals surface area contributed by atoms with Gasteiger partial charge in [0.05, 0.1) is 5.71 Å². The summed E-state index contributed by atoms with van der Waals surface area (Å²) in [6, 6.07) is 15.0. The van der Waals surface area contributed by atoms with Crippen molar-refractivity contribution in [2.45, 2.75) is 26.2 Å². The minimum absolute atomic E-state index is 0.0162. The number of amides is 2. The lowest BCUT2D eigenvalue weighted by Crippen LogP contribution is -2.22. The summed E-state index contributed by atoms with van der Waals surface area (Å²) in [5, 5.41) is 6.73. The van der Waals surface area contributed by atoms with E-state index in [1.54, 1.807) is 0 Å². The highest BCUT2D eigenvalue weighted by Crippen LogP contribution is 2.09. The lowest BCUT2D eigenvalue weighted by Gasteiger charge is -2.06. The molecular formula is C19H20FN3O2. The quantitative estimate of drug-likeness (QED) is 0.598. The van der Waals surface area contributed by atoms with Crippen molar-refractivity contribution in [3.63, 3.8) is 0 Å². The van der Waals surface area contributed by atoms with Crippen molar-refractivity contribution >= 4 is 23.2 Å². The number of rotatable bonds is 7. The van der Waals surface area contributed by atoms with Crippen LogP contribution < -0.4 is 10.7 Å². The third kappa shape index (κ3) is 6.18. The molecule has 0 saturated heterocycles. The maximum absolute atomic E-state index is 12.8. The summed E-state index contributed by atoms with van der Waals surface area (Å²) < 4.78 is 12.8. The third-order valence-corrected chi connectivity index (χ3v) is 3.46. The minimum Gasteiger partial charge on any atom is -0.326 e. The van der Waals surface area contributed by atoms with Gasteiger partial charge in [0.2, 0.25) is 11.8 Å². The molecule has 6 heteroatoms. The van der Waals surface area contributed by atoms with Crippen molar-refractivity contribution in [2.24, 2.45) is 5.10 Å². The number of carbonyl (C=O) groups is 2. The first-order chi connectivity index (χ1) is 12.1. The molecule has 0 bridgehead atoms. The Morgan fingerprint density at radius 3 is 2.24 bits per heavy atom. The fraction of sp³-hybridized carbons (Fsp3) is 0.211. The van der Waals surface area contributed by atoms with Gasteiger partial charge in [-0.2, -0.15) is 5.10 Å². The van der Waals surface area contributed by atoms with Crippen molar-refractivity contribution in [3.8, 4) is 0 Å². The fourth-order valence-corrected chi connectivity index (χ4v) is 2.15. The molecule has 2 N–H and O–H groups in total. The summed E-state index contributed by atoms with van der Waals surface area (Å²) >= 11 is 0. The Kier molecular flexibility index (Phi) is 6.83. The van der Waals surface area contributed by atoms with E-state index in [0.29, 0.717) is 12.1 Å². The van der Waals surface area contributed by atoms with Crippen molar-refractivity contribution in [3.05, 3.63) is 66.0 Å². The molecule has 2 amide bonds. The topological polar surface area (TPSA) is 70.6 Å². The number of carbonyl (C=O) groups excluding carboxylic acids is 2. The number of hydrogen-bond donors (Lipinski definition) is 2. The molecule has 2 rings (SSSR count). The summed E-state index contributed by atoms with van der Waals surface area (Å²) in [5.74, 6) is -1.03. The Labute approximate surface area is 145 Å². The lowest BCUT2D eigenvalue weighted by molar-refractivity contribution is -0.124. The van der Waals surface area contributed by atoms with Crippen LogP contribution in [0, 0.1) is 5.82 Å². The fourth-order valence-electron chi connectivity index (χ4n) is 2.15. The monoisotopic (exact) mass is 341 g/mol. The minimum atomic E-state index is -0.375. The molecule has 0 aliphatic carbocycles. The van der Waals surface area contributed by atoms with E-state index >= 15 is 0 Å². The van der Waals surface area contributed by atoms with Gasteiger partial charge in [-0.1, -0.05) is 37.3 Å². The average molecular weight is 341 g/mol. The highest BCUT2D eigenvalue weighted by atomic mass is 19.1. The molecule has 0 spiro atoms. The van der Waals surface area contributed by atoms with Gasteiger partial charge in [0.1, 0.15) is 5.82 Å². The molecule has 0 atom stereocenters. The number of hydrogen-bond acceptors (Lipinski definition) is 3. The number of anilines is 1. The van der Waals surface area contributed by atoms with Crippen LogP contribution in [0.4, 0.5) is 10.1 Å². The van der Waals surface area contributed by atoms with Crippen LogP contribution in [0.1, 0.15) is 31.7 Å². The van der Waals surface area contributed by atoms with Crippen LogP contribution in [0.3, 0.4) is 0 Å². The van der Waals surface area contributed by atoms with Crippen LogP contribution in [0.5, 0.6) is 0 Å². The van der Waals surface area contributed by atoms with E-state index in [0.717, 1.165) is 11.3 Å². The Balaban J connectivity index is 1.80. The molecular weight excluding hydrogens is 321 g/mol. The smallest absolute Gasteiger partial charge is 0.240 e. The molecule has 0 unspecified atom stereocenters. The zero-order valence-corrected chi connectivity index (χ0v) is 14.0. The third-order valence-electron chi connectivity index (χ3n) is 3.46. The second kappa shape index (κ2) is 9.32. The molecule has 0 heterocycles. The van der Waals surface area contributed by atoms with Gasteiger partial charge in [-0.15, -0.1) is 0 Å². The van der Waals surface area contributed by atoms with Crippen molar-refractivity contribution in [1.82, 2.24) is 5.43 Å². The summed E-state index contributed by atoms with van der Waals surface area (Å²) in [6.07, 6.45) is 0.711. The largest absolute Gasteiger partial charge is 0.326 e. The molecule has 25 heavy (non-hydrogen) atoms. The summed E-state index contributed by atoms with van der Waals surface area (Å²) in [7, 11) is 0. The molecule has 0 radical (unpaired) electrons. The molecule has 5 nitrogen and oxygen atoms in total. The van der Waals surface area contributed by atoms with Crippen LogP contribution in [-0.4, -0.2) is 17.5 Å². The van der Waals surface area contributed by atoms with E-state index in [-0.39, 0.29) is 30.5 Å². The molecule has 0 aliphatic rings. The molecule has 0 saturated carbocycles. The second-order valence-electron chi connectivity index (χ2n) is 5.37. The van der Waals surface area contributed by atoms with Gasteiger partial charge in [-0.3, -0.25) is 9.59 Å². The van der Waals surface area contributed by atoms with Gasteiger partial charge in [0, 0.05) is 18.5 Å². The Bertz CT molecular complexity index is 743. The van der Waals surface area contributed by atoms with Gasteiger partial charge in [-0.05, 0) is 36.2 Å². The first kappa shape index (κ1) is 18.3. The highest BCUT2D eigenvalue weighted by molar-refractivity contribution is 6.01. The molecule has 2 aromatic carbocycles.